The van der Waals surface area contributed by atoms with E-state index in [4.69, 9.17) is 5.10 Å². The van der Waals surface area contributed by atoms with E-state index in [1.165, 1.54) is 22.4 Å². The van der Waals surface area contributed by atoms with E-state index >= 15 is 0 Å². The van der Waals surface area contributed by atoms with Crippen LogP contribution in [0.2, 0.25) is 0 Å². The summed E-state index contributed by atoms with van der Waals surface area (Å²) in [6.07, 6.45) is 3.87. The molecule has 1 spiro atoms. The molecule has 3 aromatic rings. The molecule has 3 atom stereocenters. The van der Waals surface area contributed by atoms with Crippen molar-refractivity contribution in [2.45, 2.75) is 45.6 Å². The standard InChI is InChI=1S/C30H30BrN3O/c1-20-8-11-26(12-9-20)34-29(35)30(21(2)32-34)19-24-18-25(31)10-13-27(24)33-15-14-23(17-28(30)33)16-22-6-4-3-5-7-22/h3-13,18,23,28H,14-17,19H2,1-2H3/t23-,28-,30+/m0/s1. The first-order valence-corrected chi connectivity index (χ1v) is 13.3. The maximum Gasteiger partial charge on any atom is 0.261 e. The molecule has 4 nitrogen and oxygen atoms in total. The van der Waals surface area contributed by atoms with Crippen LogP contribution < -0.4 is 9.91 Å². The molecule has 1 saturated heterocycles. The van der Waals surface area contributed by atoms with Gasteiger partial charge in [0.05, 0.1) is 11.4 Å². The van der Waals surface area contributed by atoms with Crippen molar-refractivity contribution in [1.29, 1.82) is 0 Å². The summed E-state index contributed by atoms with van der Waals surface area (Å²) in [7, 11) is 0. The molecule has 0 radical (unpaired) electrons. The lowest BCUT2D eigenvalue weighted by molar-refractivity contribution is -0.125. The monoisotopic (exact) mass is 527 g/mol. The molecule has 178 valence electrons. The largest absolute Gasteiger partial charge is 0.367 e. The maximum atomic E-state index is 14.4. The van der Waals surface area contributed by atoms with Gasteiger partial charge >= 0.3 is 0 Å². The fourth-order valence-electron chi connectivity index (χ4n) is 6.40. The molecule has 1 fully saturated rings. The number of benzene rings is 3. The number of nitrogens with zero attached hydrogens (tertiary/aromatic N) is 3. The fraction of sp³-hybridized carbons (Fsp3) is 0.333. The predicted octanol–water partition coefficient (Wildman–Crippen LogP) is 6.55. The normalized spacial score (nSPS) is 25.5. The van der Waals surface area contributed by atoms with Gasteiger partial charge < -0.3 is 4.90 Å². The molecule has 1 amide bonds. The van der Waals surface area contributed by atoms with E-state index in [0.29, 0.717) is 12.3 Å². The summed E-state index contributed by atoms with van der Waals surface area (Å²) in [5, 5.41) is 6.57. The number of piperidine rings is 1. The van der Waals surface area contributed by atoms with Gasteiger partial charge in [0.25, 0.3) is 5.91 Å². The Balaban J connectivity index is 1.41. The molecule has 0 bridgehead atoms. The number of rotatable bonds is 3. The van der Waals surface area contributed by atoms with Gasteiger partial charge in [-0.25, -0.2) is 0 Å². The van der Waals surface area contributed by atoms with Crippen LogP contribution in [-0.4, -0.2) is 24.2 Å². The van der Waals surface area contributed by atoms with Crippen LogP contribution in [0.1, 0.15) is 36.5 Å². The number of carbonyl (C=O) groups excluding carboxylic acids is 1. The van der Waals surface area contributed by atoms with E-state index in [0.717, 1.165) is 41.7 Å². The Bertz CT molecular complexity index is 1300. The van der Waals surface area contributed by atoms with Crippen LogP contribution in [0, 0.1) is 18.3 Å². The maximum absolute atomic E-state index is 14.4. The molecule has 0 N–H and O–H groups in total. The van der Waals surface area contributed by atoms with Crippen molar-refractivity contribution in [3.63, 3.8) is 0 Å². The minimum absolute atomic E-state index is 0.102. The average Bonchev–Trinajstić information content (AvgIpc) is 3.10. The van der Waals surface area contributed by atoms with Crippen LogP contribution in [0.5, 0.6) is 0 Å². The Labute approximate surface area is 215 Å². The van der Waals surface area contributed by atoms with Crippen LogP contribution in [0.25, 0.3) is 0 Å². The van der Waals surface area contributed by atoms with E-state index < -0.39 is 5.41 Å². The first-order valence-electron chi connectivity index (χ1n) is 12.5. The van der Waals surface area contributed by atoms with Crippen molar-refractivity contribution in [3.05, 3.63) is 94.0 Å². The number of hydrogen-bond acceptors (Lipinski definition) is 3. The third-order valence-electron chi connectivity index (χ3n) is 8.22. The van der Waals surface area contributed by atoms with E-state index in [1.807, 2.05) is 12.1 Å². The first kappa shape index (κ1) is 22.5. The molecule has 3 aliphatic heterocycles. The van der Waals surface area contributed by atoms with Gasteiger partial charge in [-0.15, -0.1) is 0 Å². The topological polar surface area (TPSA) is 35.9 Å². The van der Waals surface area contributed by atoms with E-state index in [1.54, 1.807) is 5.01 Å². The van der Waals surface area contributed by atoms with Crippen molar-refractivity contribution >= 4 is 38.9 Å². The Kier molecular flexibility index (Phi) is 5.56. The average molecular weight is 528 g/mol. The lowest BCUT2D eigenvalue weighted by atomic mass is 9.64. The second-order valence-electron chi connectivity index (χ2n) is 10.3. The molecule has 0 unspecified atom stereocenters. The van der Waals surface area contributed by atoms with Gasteiger partial charge in [0, 0.05) is 22.7 Å². The molecule has 3 aliphatic rings. The summed E-state index contributed by atoms with van der Waals surface area (Å²) in [6.45, 7) is 5.09. The molecule has 5 heteroatoms. The number of anilines is 2. The van der Waals surface area contributed by atoms with Crippen molar-refractivity contribution in [2.24, 2.45) is 16.4 Å². The van der Waals surface area contributed by atoms with Gasteiger partial charge in [-0.2, -0.15) is 10.1 Å². The summed E-state index contributed by atoms with van der Waals surface area (Å²) in [5.41, 5.74) is 6.19. The van der Waals surface area contributed by atoms with Gasteiger partial charge in [-0.05, 0) is 86.9 Å². The third-order valence-corrected chi connectivity index (χ3v) is 8.71. The Morgan fingerprint density at radius 2 is 1.80 bits per heavy atom. The van der Waals surface area contributed by atoms with Gasteiger partial charge in [0.15, 0.2) is 0 Å². The minimum Gasteiger partial charge on any atom is -0.367 e. The zero-order valence-corrected chi connectivity index (χ0v) is 21.8. The third kappa shape index (κ3) is 3.72. The quantitative estimate of drug-likeness (QED) is 0.387. The summed E-state index contributed by atoms with van der Waals surface area (Å²) in [6, 6.07) is 25.5. The first-order chi connectivity index (χ1) is 17.0. The van der Waals surface area contributed by atoms with Crippen LogP contribution >= 0.6 is 15.9 Å². The highest BCUT2D eigenvalue weighted by Crippen LogP contribution is 2.51. The predicted molar refractivity (Wildman–Crippen MR) is 146 cm³/mol. The van der Waals surface area contributed by atoms with Crippen LogP contribution in [0.15, 0.2) is 82.4 Å². The van der Waals surface area contributed by atoms with Gasteiger partial charge in [0.1, 0.15) is 5.41 Å². The van der Waals surface area contributed by atoms with E-state index in [-0.39, 0.29) is 11.9 Å². The number of carbonyl (C=O) groups is 1. The Morgan fingerprint density at radius 1 is 1.03 bits per heavy atom. The number of aryl methyl sites for hydroxylation is 1. The molecule has 6 rings (SSSR count). The van der Waals surface area contributed by atoms with Gasteiger partial charge in [-0.1, -0.05) is 64.0 Å². The van der Waals surface area contributed by atoms with Crippen molar-refractivity contribution in [3.8, 4) is 0 Å². The molecule has 3 heterocycles. The Morgan fingerprint density at radius 3 is 2.57 bits per heavy atom. The highest BCUT2D eigenvalue weighted by molar-refractivity contribution is 9.10. The smallest absolute Gasteiger partial charge is 0.261 e. The lowest BCUT2D eigenvalue weighted by Crippen LogP contribution is -2.62. The number of amides is 1. The number of fused-ring (bicyclic) bond motifs is 4. The lowest BCUT2D eigenvalue weighted by Gasteiger charge is -2.52. The molecule has 3 aromatic carbocycles. The molecular formula is C30H30BrN3O. The number of hydrazone groups is 1. The van der Waals surface area contributed by atoms with Crippen LogP contribution in [0.4, 0.5) is 11.4 Å². The summed E-state index contributed by atoms with van der Waals surface area (Å²) < 4.78 is 1.05. The fourth-order valence-corrected chi connectivity index (χ4v) is 6.81. The van der Waals surface area contributed by atoms with Crippen LogP contribution in [0.3, 0.4) is 0 Å². The van der Waals surface area contributed by atoms with Gasteiger partial charge in [0.2, 0.25) is 0 Å². The second kappa shape index (κ2) is 8.63. The van der Waals surface area contributed by atoms with Crippen molar-refractivity contribution < 1.29 is 4.79 Å². The van der Waals surface area contributed by atoms with Gasteiger partial charge in [-0.3, -0.25) is 4.79 Å². The minimum atomic E-state index is -0.645. The molecule has 35 heavy (non-hydrogen) atoms. The number of hydrogen-bond donors (Lipinski definition) is 0. The second-order valence-corrected chi connectivity index (χ2v) is 11.3. The summed E-state index contributed by atoms with van der Waals surface area (Å²) >= 11 is 3.66. The SMILES string of the molecule is CC1=NN(c2ccc(C)cc2)C(=O)[C@]12Cc1cc(Br)ccc1N1CC[C@@H](Cc3ccccc3)C[C@H]12. The summed E-state index contributed by atoms with van der Waals surface area (Å²) in [5.74, 6) is 0.654. The highest BCUT2D eigenvalue weighted by Gasteiger charge is 2.59. The zero-order chi connectivity index (χ0) is 24.2. The molecule has 0 aromatic heterocycles. The molecule has 0 aliphatic carbocycles. The van der Waals surface area contributed by atoms with Crippen molar-refractivity contribution in [2.75, 3.05) is 16.5 Å². The summed E-state index contributed by atoms with van der Waals surface area (Å²) in [4.78, 5) is 16.9. The highest BCUT2D eigenvalue weighted by atomic mass is 79.9. The van der Waals surface area contributed by atoms with E-state index in [9.17, 15) is 4.79 Å². The zero-order valence-electron chi connectivity index (χ0n) is 20.2. The Hall–Kier alpha value is -2.92. The van der Waals surface area contributed by atoms with Crippen LogP contribution in [-0.2, 0) is 17.6 Å². The van der Waals surface area contributed by atoms with Crippen molar-refractivity contribution in [1.82, 2.24) is 0 Å². The molecular weight excluding hydrogens is 498 g/mol. The number of halogens is 1. The molecule has 0 saturated carbocycles. The van der Waals surface area contributed by atoms with E-state index in [2.05, 4.69) is 95.3 Å².